The van der Waals surface area contributed by atoms with Gasteiger partial charge >= 0.3 is 0 Å². The molecule has 3 rings (SSSR count). The molecule has 1 aliphatic heterocycles. The van der Waals surface area contributed by atoms with Crippen molar-refractivity contribution >= 4 is 11.6 Å². The lowest BCUT2D eigenvalue weighted by Crippen LogP contribution is -1.96. The minimum Gasteiger partial charge on any atom is -0.493 e. The Morgan fingerprint density at radius 2 is 2.00 bits per heavy atom. The minimum absolute atomic E-state index is 0.0860. The van der Waals surface area contributed by atoms with Crippen LogP contribution in [0.2, 0.25) is 0 Å². The van der Waals surface area contributed by atoms with Crippen LogP contribution in [0, 0.1) is 6.92 Å². The maximum atomic E-state index is 6.60. The highest BCUT2D eigenvalue weighted by Crippen LogP contribution is 2.34. The van der Waals surface area contributed by atoms with E-state index in [2.05, 4.69) is 31.2 Å². The number of benzene rings is 2. The summed E-state index contributed by atoms with van der Waals surface area (Å²) in [5.41, 5.74) is 4.83. The Balaban J connectivity index is 1.98. The molecule has 1 unspecified atom stereocenters. The van der Waals surface area contributed by atoms with E-state index >= 15 is 0 Å². The summed E-state index contributed by atoms with van der Waals surface area (Å²) in [5.74, 6) is 1.01. The van der Waals surface area contributed by atoms with Gasteiger partial charge in [0.25, 0.3) is 0 Å². The molecule has 92 valence electrons. The fraction of sp³-hybridized carbons (Fsp3) is 0.250. The third-order valence-electron chi connectivity index (χ3n) is 3.47. The first-order valence-electron chi connectivity index (χ1n) is 6.21. The van der Waals surface area contributed by atoms with Gasteiger partial charge in [-0.1, -0.05) is 36.4 Å². The van der Waals surface area contributed by atoms with E-state index in [4.69, 9.17) is 16.3 Å². The molecule has 0 aromatic heterocycles. The summed E-state index contributed by atoms with van der Waals surface area (Å²) < 4.78 is 5.52. The molecule has 2 aromatic rings. The van der Waals surface area contributed by atoms with Crippen LogP contribution in [0.1, 0.15) is 27.6 Å². The van der Waals surface area contributed by atoms with Crippen LogP contribution in [0.25, 0.3) is 0 Å². The van der Waals surface area contributed by atoms with Crippen molar-refractivity contribution in [3.8, 4) is 5.75 Å². The van der Waals surface area contributed by atoms with Gasteiger partial charge in [0.1, 0.15) is 5.75 Å². The van der Waals surface area contributed by atoms with Gasteiger partial charge in [0.15, 0.2) is 0 Å². The van der Waals surface area contributed by atoms with Crippen LogP contribution < -0.4 is 4.74 Å². The molecule has 0 N–H and O–H groups in total. The first-order valence-corrected chi connectivity index (χ1v) is 6.64. The molecule has 1 aliphatic rings. The lowest BCUT2D eigenvalue weighted by atomic mass is 9.98. The fourth-order valence-electron chi connectivity index (χ4n) is 2.41. The first kappa shape index (κ1) is 11.6. The second kappa shape index (κ2) is 4.66. The average Bonchev–Trinajstić information content (AvgIpc) is 2.85. The summed E-state index contributed by atoms with van der Waals surface area (Å²) in [6.45, 7) is 2.89. The van der Waals surface area contributed by atoms with Gasteiger partial charge in [-0.15, -0.1) is 11.6 Å². The van der Waals surface area contributed by atoms with E-state index in [9.17, 15) is 0 Å². The molecule has 1 heterocycles. The van der Waals surface area contributed by atoms with Crippen molar-refractivity contribution in [3.63, 3.8) is 0 Å². The number of halogens is 1. The van der Waals surface area contributed by atoms with E-state index < -0.39 is 0 Å². The number of aryl methyl sites for hydroxylation is 1. The highest BCUT2D eigenvalue weighted by Gasteiger charge is 2.17. The average molecular weight is 259 g/mol. The molecule has 2 heteroatoms. The van der Waals surface area contributed by atoms with Crippen LogP contribution in [0.4, 0.5) is 0 Å². The smallest absolute Gasteiger partial charge is 0.122 e. The number of fused-ring (bicyclic) bond motifs is 1. The lowest BCUT2D eigenvalue weighted by Gasteiger charge is -2.14. The summed E-state index contributed by atoms with van der Waals surface area (Å²) in [6, 6.07) is 14.5. The van der Waals surface area contributed by atoms with Crippen LogP contribution in [-0.2, 0) is 6.42 Å². The van der Waals surface area contributed by atoms with E-state index in [0.29, 0.717) is 0 Å². The van der Waals surface area contributed by atoms with Crippen LogP contribution in [0.15, 0.2) is 42.5 Å². The topological polar surface area (TPSA) is 9.23 Å². The van der Waals surface area contributed by atoms with Gasteiger partial charge in [-0.25, -0.2) is 0 Å². The maximum Gasteiger partial charge on any atom is 0.122 e. The highest BCUT2D eigenvalue weighted by atomic mass is 35.5. The maximum absolute atomic E-state index is 6.60. The Kier molecular flexibility index (Phi) is 3.00. The van der Waals surface area contributed by atoms with E-state index in [1.54, 1.807) is 0 Å². The molecule has 0 aliphatic carbocycles. The zero-order valence-corrected chi connectivity index (χ0v) is 11.1. The Morgan fingerprint density at radius 1 is 1.17 bits per heavy atom. The summed E-state index contributed by atoms with van der Waals surface area (Å²) in [5, 5.41) is -0.0860. The molecule has 0 fully saturated rings. The van der Waals surface area contributed by atoms with E-state index in [0.717, 1.165) is 24.3 Å². The molecular formula is C16H15ClO. The summed E-state index contributed by atoms with van der Waals surface area (Å²) in [7, 11) is 0. The summed E-state index contributed by atoms with van der Waals surface area (Å²) in [4.78, 5) is 0. The van der Waals surface area contributed by atoms with Crippen LogP contribution in [-0.4, -0.2) is 6.61 Å². The zero-order valence-electron chi connectivity index (χ0n) is 10.3. The summed E-state index contributed by atoms with van der Waals surface area (Å²) >= 11 is 6.60. The van der Waals surface area contributed by atoms with Gasteiger partial charge < -0.3 is 4.74 Å². The highest BCUT2D eigenvalue weighted by molar-refractivity contribution is 6.22. The fourth-order valence-corrected chi connectivity index (χ4v) is 2.80. The van der Waals surface area contributed by atoms with Crippen molar-refractivity contribution in [2.75, 3.05) is 6.61 Å². The molecule has 0 saturated carbocycles. The van der Waals surface area contributed by atoms with Gasteiger partial charge in [-0.3, -0.25) is 0 Å². The summed E-state index contributed by atoms with van der Waals surface area (Å²) in [6.07, 6.45) is 0.987. The minimum atomic E-state index is -0.0860. The van der Waals surface area contributed by atoms with Crippen LogP contribution in [0.3, 0.4) is 0 Å². The molecule has 1 nitrogen and oxygen atoms in total. The van der Waals surface area contributed by atoms with Gasteiger partial charge in [0.2, 0.25) is 0 Å². The predicted molar refractivity (Wildman–Crippen MR) is 74.5 cm³/mol. The lowest BCUT2D eigenvalue weighted by molar-refractivity contribution is 0.357. The Bertz CT molecular complexity index is 577. The second-order valence-corrected chi connectivity index (χ2v) is 5.12. The number of alkyl halides is 1. The number of hydrogen-bond donors (Lipinski definition) is 0. The molecule has 0 bridgehead atoms. The number of ether oxygens (including phenoxy) is 1. The Hall–Kier alpha value is -1.47. The van der Waals surface area contributed by atoms with Crippen molar-refractivity contribution in [2.24, 2.45) is 0 Å². The number of hydrogen-bond acceptors (Lipinski definition) is 1. The van der Waals surface area contributed by atoms with Crippen molar-refractivity contribution in [1.29, 1.82) is 0 Å². The first-order chi connectivity index (χ1) is 8.75. The van der Waals surface area contributed by atoms with Crippen molar-refractivity contribution in [1.82, 2.24) is 0 Å². The molecule has 0 radical (unpaired) electrons. The van der Waals surface area contributed by atoms with Crippen LogP contribution in [0.5, 0.6) is 5.75 Å². The molecule has 0 spiro atoms. The largest absolute Gasteiger partial charge is 0.493 e. The van der Waals surface area contributed by atoms with Gasteiger partial charge in [0, 0.05) is 6.42 Å². The van der Waals surface area contributed by atoms with Crippen molar-refractivity contribution < 1.29 is 4.74 Å². The molecular weight excluding hydrogens is 244 g/mol. The van der Waals surface area contributed by atoms with Crippen molar-refractivity contribution in [2.45, 2.75) is 18.7 Å². The SMILES string of the molecule is Cc1ccccc1C(Cl)c1ccc2c(c1)CCO2. The zero-order chi connectivity index (χ0) is 12.5. The Morgan fingerprint density at radius 3 is 2.83 bits per heavy atom. The molecule has 0 amide bonds. The molecule has 18 heavy (non-hydrogen) atoms. The molecule has 2 aromatic carbocycles. The van der Waals surface area contributed by atoms with Gasteiger partial charge in [-0.2, -0.15) is 0 Å². The molecule has 1 atom stereocenters. The Labute approximate surface area is 112 Å². The van der Waals surface area contributed by atoms with Gasteiger partial charge in [0.05, 0.1) is 12.0 Å². The standard InChI is InChI=1S/C16H15ClO/c1-11-4-2-3-5-14(11)16(17)13-6-7-15-12(10-13)8-9-18-15/h2-7,10,16H,8-9H2,1H3. The predicted octanol–water partition coefficient (Wildman–Crippen LogP) is 4.26. The monoisotopic (exact) mass is 258 g/mol. The molecule has 0 saturated heterocycles. The second-order valence-electron chi connectivity index (χ2n) is 4.68. The van der Waals surface area contributed by atoms with Crippen LogP contribution >= 0.6 is 11.6 Å². The van der Waals surface area contributed by atoms with Crippen molar-refractivity contribution in [3.05, 3.63) is 64.7 Å². The third kappa shape index (κ3) is 1.99. The normalized spacial score (nSPS) is 15.0. The third-order valence-corrected chi connectivity index (χ3v) is 3.95. The van der Waals surface area contributed by atoms with E-state index in [1.165, 1.54) is 16.7 Å². The quantitative estimate of drug-likeness (QED) is 0.732. The van der Waals surface area contributed by atoms with E-state index in [-0.39, 0.29) is 5.38 Å². The van der Waals surface area contributed by atoms with E-state index in [1.807, 2.05) is 18.2 Å². The number of rotatable bonds is 2. The van der Waals surface area contributed by atoms with Gasteiger partial charge in [-0.05, 0) is 35.2 Å².